The van der Waals surface area contributed by atoms with Crippen LogP contribution in [0.2, 0.25) is 0 Å². The highest BCUT2D eigenvalue weighted by molar-refractivity contribution is 5.71. The van der Waals surface area contributed by atoms with Gasteiger partial charge >= 0.3 is 5.97 Å². The maximum absolute atomic E-state index is 11.2. The predicted octanol–water partition coefficient (Wildman–Crippen LogP) is 2.21. The van der Waals surface area contributed by atoms with Gasteiger partial charge in [0, 0.05) is 25.1 Å². The fraction of sp³-hybridized carbons (Fsp3) is 0.500. The van der Waals surface area contributed by atoms with E-state index in [0.717, 1.165) is 43.7 Å². The lowest BCUT2D eigenvalue weighted by molar-refractivity contribution is -0.137. The Morgan fingerprint density at radius 3 is 2.90 bits per heavy atom. The lowest BCUT2D eigenvalue weighted by Gasteiger charge is -2.17. The monoisotopic (exact) mass is 396 g/mol. The van der Waals surface area contributed by atoms with Gasteiger partial charge in [-0.3, -0.25) is 14.8 Å². The summed E-state index contributed by atoms with van der Waals surface area (Å²) in [7, 11) is 0. The van der Waals surface area contributed by atoms with Crippen LogP contribution in [0.4, 0.5) is 5.82 Å². The van der Waals surface area contributed by atoms with Crippen molar-refractivity contribution < 1.29 is 14.4 Å². The van der Waals surface area contributed by atoms with Crippen molar-refractivity contribution in [3.8, 4) is 0 Å². The van der Waals surface area contributed by atoms with Crippen LogP contribution in [0.1, 0.15) is 48.7 Å². The average Bonchev–Trinajstić information content (AvgIpc) is 3.11. The minimum absolute atomic E-state index is 0.203. The molecule has 9 heteroatoms. The number of carboxylic acid groups (broad SMARTS) is 1. The second kappa shape index (κ2) is 7.38. The molecule has 1 fully saturated rings. The van der Waals surface area contributed by atoms with Crippen molar-refractivity contribution in [2.24, 2.45) is 9.98 Å². The summed E-state index contributed by atoms with van der Waals surface area (Å²) < 4.78 is 5.40. The lowest BCUT2D eigenvalue weighted by atomic mass is 10.1. The number of pyridine rings is 1. The first-order valence-electron chi connectivity index (χ1n) is 9.75. The molecule has 152 valence electrons. The maximum atomic E-state index is 11.2. The Hall–Kier alpha value is -3.10. The smallest absolute Gasteiger partial charge is 0.305 e. The van der Waals surface area contributed by atoms with E-state index in [2.05, 4.69) is 51.0 Å². The van der Waals surface area contributed by atoms with Gasteiger partial charge in [0.25, 0.3) is 5.89 Å². The number of nitrogens with one attached hydrogen (secondary N) is 1. The van der Waals surface area contributed by atoms with Crippen molar-refractivity contribution in [2.45, 2.75) is 56.0 Å². The van der Waals surface area contributed by atoms with E-state index in [1.54, 1.807) is 0 Å². The number of aliphatic imine (C=N–C) groups is 2. The van der Waals surface area contributed by atoms with E-state index in [1.165, 1.54) is 5.56 Å². The molecule has 2 aromatic heterocycles. The molecule has 9 nitrogen and oxygen atoms in total. The van der Waals surface area contributed by atoms with Crippen LogP contribution < -0.4 is 5.32 Å². The first-order valence-corrected chi connectivity index (χ1v) is 9.75. The molecule has 0 saturated heterocycles. The zero-order valence-corrected chi connectivity index (χ0v) is 16.2. The minimum atomic E-state index is -0.996. The van der Waals surface area contributed by atoms with Gasteiger partial charge in [0.2, 0.25) is 0 Å². The van der Waals surface area contributed by atoms with Gasteiger partial charge in [0.1, 0.15) is 11.4 Å². The largest absolute Gasteiger partial charge is 0.481 e. The fourth-order valence-electron chi connectivity index (χ4n) is 4.09. The molecule has 1 aliphatic heterocycles. The second-order valence-electron chi connectivity index (χ2n) is 7.67. The quantitative estimate of drug-likeness (QED) is 0.622. The van der Waals surface area contributed by atoms with Crippen molar-refractivity contribution in [1.29, 1.82) is 0 Å². The van der Waals surface area contributed by atoms with Gasteiger partial charge in [0.15, 0.2) is 11.4 Å². The summed E-state index contributed by atoms with van der Waals surface area (Å²) in [5, 5.41) is 16.6. The topological polar surface area (TPSA) is 126 Å². The van der Waals surface area contributed by atoms with Crippen LogP contribution in [0.3, 0.4) is 0 Å². The minimum Gasteiger partial charge on any atom is -0.481 e. The number of hydrogen-bond acceptors (Lipinski definition) is 8. The Bertz CT molecular complexity index is 957. The number of carboxylic acids is 1. The van der Waals surface area contributed by atoms with Crippen LogP contribution in [0.25, 0.3) is 0 Å². The maximum Gasteiger partial charge on any atom is 0.305 e. The van der Waals surface area contributed by atoms with E-state index >= 15 is 0 Å². The molecule has 29 heavy (non-hydrogen) atoms. The Kier molecular flexibility index (Phi) is 4.89. The number of fused-ring (bicyclic) bond motifs is 1. The van der Waals surface area contributed by atoms with Gasteiger partial charge < -0.3 is 14.9 Å². The van der Waals surface area contributed by atoms with Crippen molar-refractivity contribution >= 4 is 25.2 Å². The first-order chi connectivity index (χ1) is 14.0. The van der Waals surface area contributed by atoms with Crippen molar-refractivity contribution in [2.75, 3.05) is 11.9 Å². The third-order valence-electron chi connectivity index (χ3n) is 5.82. The third kappa shape index (κ3) is 3.41. The lowest BCUT2D eigenvalue weighted by Crippen LogP contribution is -2.24. The molecule has 0 radical (unpaired) electrons. The molecule has 0 unspecified atom stereocenters. The highest BCUT2D eigenvalue weighted by Gasteiger charge is 2.73. The van der Waals surface area contributed by atoms with Crippen LogP contribution in [-0.2, 0) is 29.6 Å². The molecule has 0 bridgehead atoms. The SMILES string of the molecule is C=N[C@@]1(CC(=O)O)C[C@]1(N=C)c1nc(CCCc2ccc3c(n2)NCCC3)no1. The van der Waals surface area contributed by atoms with Crippen LogP contribution in [0.5, 0.6) is 0 Å². The van der Waals surface area contributed by atoms with Crippen molar-refractivity contribution in [3.05, 3.63) is 35.1 Å². The number of anilines is 1. The summed E-state index contributed by atoms with van der Waals surface area (Å²) in [6, 6.07) is 4.22. The van der Waals surface area contributed by atoms with Crippen LogP contribution in [-0.4, -0.2) is 51.7 Å². The summed E-state index contributed by atoms with van der Waals surface area (Å²) in [5.74, 6) is 0.830. The summed E-state index contributed by atoms with van der Waals surface area (Å²) in [6.07, 6.45) is 4.61. The molecule has 0 amide bonds. The van der Waals surface area contributed by atoms with E-state index in [0.29, 0.717) is 18.7 Å². The van der Waals surface area contributed by atoms with Gasteiger partial charge in [-0.05, 0) is 50.7 Å². The standard InChI is InChI=1S/C20H24N6O3/c1-21-19(11-16(27)28)12-20(19,22-2)18-25-15(26-29-18)7-3-6-14-9-8-13-5-4-10-23-17(13)24-14/h8-9H,1-7,10-12H2,(H,23,24)(H,27,28)/t19-,20-/m0/s1. The first kappa shape index (κ1) is 19.2. The van der Waals surface area contributed by atoms with Gasteiger partial charge in [-0.25, -0.2) is 4.98 Å². The molecule has 0 spiro atoms. The number of nitrogens with zero attached hydrogens (tertiary/aromatic N) is 5. The molecule has 4 rings (SSSR count). The van der Waals surface area contributed by atoms with Crippen molar-refractivity contribution in [1.82, 2.24) is 15.1 Å². The molecule has 0 aromatic carbocycles. The van der Waals surface area contributed by atoms with Crippen LogP contribution in [0, 0.1) is 0 Å². The summed E-state index contributed by atoms with van der Waals surface area (Å²) in [5.41, 5.74) is 0.342. The second-order valence-corrected chi connectivity index (χ2v) is 7.67. The zero-order chi connectivity index (χ0) is 20.5. The summed E-state index contributed by atoms with van der Waals surface area (Å²) in [6.45, 7) is 8.10. The fourth-order valence-corrected chi connectivity index (χ4v) is 4.09. The van der Waals surface area contributed by atoms with E-state index in [-0.39, 0.29) is 12.3 Å². The number of hydrogen-bond donors (Lipinski definition) is 2. The number of aliphatic carboxylic acids is 1. The van der Waals surface area contributed by atoms with E-state index in [4.69, 9.17) is 9.51 Å². The van der Waals surface area contributed by atoms with E-state index in [1.807, 2.05) is 0 Å². The van der Waals surface area contributed by atoms with Gasteiger partial charge in [-0.2, -0.15) is 4.98 Å². The summed E-state index contributed by atoms with van der Waals surface area (Å²) >= 11 is 0. The average molecular weight is 396 g/mol. The van der Waals surface area contributed by atoms with E-state index in [9.17, 15) is 9.90 Å². The van der Waals surface area contributed by atoms with Gasteiger partial charge in [-0.1, -0.05) is 11.2 Å². The molecule has 1 aliphatic carbocycles. The molecular weight excluding hydrogens is 372 g/mol. The molecule has 3 heterocycles. The van der Waals surface area contributed by atoms with Crippen molar-refractivity contribution in [3.63, 3.8) is 0 Å². The Balaban J connectivity index is 1.39. The molecule has 2 atom stereocenters. The highest BCUT2D eigenvalue weighted by atomic mass is 16.5. The Morgan fingerprint density at radius 2 is 2.14 bits per heavy atom. The van der Waals surface area contributed by atoms with Crippen LogP contribution in [0.15, 0.2) is 26.6 Å². The molecule has 2 aromatic rings. The molecule has 2 aliphatic rings. The zero-order valence-electron chi connectivity index (χ0n) is 16.2. The number of rotatable bonds is 9. The Labute approximate surface area is 168 Å². The number of aromatic nitrogens is 3. The van der Waals surface area contributed by atoms with Gasteiger partial charge in [0.05, 0.1) is 6.42 Å². The molecule has 2 N–H and O–H groups in total. The van der Waals surface area contributed by atoms with Gasteiger partial charge in [-0.15, -0.1) is 0 Å². The third-order valence-corrected chi connectivity index (χ3v) is 5.82. The number of carbonyl (C=O) groups is 1. The molecule has 1 saturated carbocycles. The van der Waals surface area contributed by atoms with Crippen LogP contribution >= 0.6 is 0 Å². The number of aryl methyl sites for hydroxylation is 3. The molecular formula is C20H24N6O3. The highest BCUT2D eigenvalue weighted by Crippen LogP contribution is 2.62. The Morgan fingerprint density at radius 1 is 1.28 bits per heavy atom. The summed E-state index contributed by atoms with van der Waals surface area (Å²) in [4.78, 5) is 28.4. The van der Waals surface area contributed by atoms with E-state index < -0.39 is 17.0 Å². The normalized spacial score (nSPS) is 25.0. The predicted molar refractivity (Wildman–Crippen MR) is 108 cm³/mol.